The minimum atomic E-state index is -1.07. The van der Waals surface area contributed by atoms with Gasteiger partial charge in [-0.3, -0.25) is 4.79 Å². The van der Waals surface area contributed by atoms with Gasteiger partial charge in [-0.25, -0.2) is 0 Å². The minimum Gasteiger partial charge on any atom is -0.480 e. The van der Waals surface area contributed by atoms with E-state index in [1.165, 1.54) is 0 Å². The van der Waals surface area contributed by atoms with Crippen molar-refractivity contribution in [2.75, 3.05) is 6.54 Å². The number of hydrogen-bond donors (Lipinski definition) is 2. The van der Waals surface area contributed by atoms with Crippen molar-refractivity contribution in [3.8, 4) is 0 Å². The van der Waals surface area contributed by atoms with Crippen LogP contribution in [0.3, 0.4) is 0 Å². The van der Waals surface area contributed by atoms with E-state index in [-0.39, 0.29) is 18.2 Å². The first-order valence-corrected chi connectivity index (χ1v) is 4.04. The molecule has 0 spiro atoms. The largest absolute Gasteiger partial charge is 0.480 e. The Morgan fingerprint density at radius 3 is 2.86 bits per heavy atom. The smallest absolute Gasteiger partial charge is 0.320 e. The molecule has 0 aliphatic carbocycles. The zero-order chi connectivity index (χ0) is 11.0. The Hall–Kier alpha value is -1.53. The van der Waals surface area contributed by atoms with Gasteiger partial charge in [-0.2, -0.15) is 4.91 Å². The van der Waals surface area contributed by atoms with Gasteiger partial charge in [0.15, 0.2) is 0 Å². The Labute approximate surface area is 79.8 Å². The molecule has 1 atom stereocenters. The quantitative estimate of drug-likeness (QED) is 0.161. The summed E-state index contributed by atoms with van der Waals surface area (Å²) in [6.45, 7) is -0.0591. The summed E-state index contributed by atoms with van der Waals surface area (Å²) in [5, 5.41) is 11.0. The lowest BCUT2D eigenvalue weighted by molar-refractivity contribution is -0.138. The van der Waals surface area contributed by atoms with E-state index >= 15 is 0 Å². The summed E-state index contributed by atoms with van der Waals surface area (Å²) in [6.07, 6.45) is 1.13. The predicted molar refractivity (Wildman–Crippen MR) is 46.4 cm³/mol. The molecule has 80 valence electrons. The van der Waals surface area contributed by atoms with Crippen LogP contribution in [0.2, 0.25) is 0 Å². The number of halogens is 1. The normalized spacial score (nSPS) is 11.6. The van der Waals surface area contributed by atoms with Crippen LogP contribution in [0.25, 0.3) is 10.4 Å². The van der Waals surface area contributed by atoms with Gasteiger partial charge >= 0.3 is 5.97 Å². The molecule has 0 rings (SSSR count). The van der Waals surface area contributed by atoms with Crippen molar-refractivity contribution in [2.24, 2.45) is 11.0 Å². The van der Waals surface area contributed by atoms with Crippen molar-refractivity contribution in [2.45, 2.75) is 25.3 Å². The van der Waals surface area contributed by atoms with Crippen LogP contribution in [-0.4, -0.2) is 28.9 Å². The standard InChI is InChI=1S/C6H12FN5O2/c7-12(11-10-9)4-2-1-3-5(8)6(13)14/h5H,1-4,8H2,(H,13,14)/t5-/m0/s1. The summed E-state index contributed by atoms with van der Waals surface area (Å²) in [7, 11) is 0. The molecular formula is C6H12FN5O2. The van der Waals surface area contributed by atoms with Gasteiger partial charge in [0.05, 0.1) is 0 Å². The molecule has 0 fully saturated rings. The van der Waals surface area contributed by atoms with Gasteiger partial charge in [-0.05, 0) is 19.3 Å². The first-order valence-electron chi connectivity index (χ1n) is 4.04. The molecule has 0 amide bonds. The maximum absolute atomic E-state index is 12.4. The van der Waals surface area contributed by atoms with E-state index in [4.69, 9.17) is 16.4 Å². The number of carboxylic acid groups (broad SMARTS) is 1. The van der Waals surface area contributed by atoms with Crippen LogP contribution in [0.15, 0.2) is 5.22 Å². The SMILES string of the molecule is [N-]=[N+]=NN(F)CCCC[C@H](N)C(=O)O. The second-order valence-corrected chi connectivity index (χ2v) is 2.68. The summed E-state index contributed by atoms with van der Waals surface area (Å²) >= 11 is 0. The average Bonchev–Trinajstić information content (AvgIpc) is 2.12. The zero-order valence-corrected chi connectivity index (χ0v) is 7.51. The van der Waals surface area contributed by atoms with Gasteiger partial charge in [0.1, 0.15) is 12.6 Å². The molecule has 0 saturated carbocycles. The average molecular weight is 205 g/mol. The number of nitrogens with two attached hydrogens (primary N) is 1. The summed E-state index contributed by atoms with van der Waals surface area (Å²) in [4.78, 5) is 12.5. The Morgan fingerprint density at radius 2 is 2.36 bits per heavy atom. The molecule has 3 N–H and O–H groups in total. The molecule has 0 saturated heterocycles. The highest BCUT2D eigenvalue weighted by molar-refractivity contribution is 5.72. The van der Waals surface area contributed by atoms with Crippen LogP contribution in [0.5, 0.6) is 0 Å². The van der Waals surface area contributed by atoms with Gasteiger partial charge in [-0.15, -0.1) is 5.53 Å². The zero-order valence-electron chi connectivity index (χ0n) is 7.51. The molecular weight excluding hydrogens is 193 g/mol. The lowest BCUT2D eigenvalue weighted by Crippen LogP contribution is -2.29. The van der Waals surface area contributed by atoms with Crippen molar-refractivity contribution in [3.63, 3.8) is 0 Å². The number of hydrogen-bond acceptors (Lipinski definition) is 3. The highest BCUT2D eigenvalue weighted by Gasteiger charge is 2.11. The van der Waals surface area contributed by atoms with Gasteiger partial charge in [-0.1, -0.05) is 5.23 Å². The van der Waals surface area contributed by atoms with Gasteiger partial charge < -0.3 is 10.8 Å². The molecule has 0 aromatic rings. The molecule has 0 aliphatic heterocycles. The molecule has 7 nitrogen and oxygen atoms in total. The van der Waals surface area contributed by atoms with Crippen molar-refractivity contribution in [1.82, 2.24) is 5.23 Å². The van der Waals surface area contributed by atoms with Crippen LogP contribution in [0.4, 0.5) is 4.48 Å². The summed E-state index contributed by atoms with van der Waals surface area (Å²) < 4.78 is 12.4. The van der Waals surface area contributed by atoms with Crippen molar-refractivity contribution in [3.05, 3.63) is 10.4 Å². The summed E-state index contributed by atoms with van der Waals surface area (Å²) in [5.74, 6) is -1.07. The second kappa shape index (κ2) is 6.93. The maximum atomic E-state index is 12.4. The van der Waals surface area contributed by atoms with Crippen LogP contribution < -0.4 is 5.73 Å². The Morgan fingerprint density at radius 1 is 1.71 bits per heavy atom. The third-order valence-electron chi connectivity index (χ3n) is 1.56. The first-order chi connectivity index (χ1) is 6.57. The Balaban J connectivity index is 3.46. The van der Waals surface area contributed by atoms with E-state index in [9.17, 15) is 9.28 Å². The van der Waals surface area contributed by atoms with E-state index in [0.29, 0.717) is 12.8 Å². The lowest BCUT2D eigenvalue weighted by atomic mass is 10.1. The number of aliphatic carboxylic acids is 1. The van der Waals surface area contributed by atoms with Crippen LogP contribution in [0, 0.1) is 0 Å². The first kappa shape index (κ1) is 12.5. The van der Waals surface area contributed by atoms with Crippen molar-refractivity contribution >= 4 is 5.97 Å². The van der Waals surface area contributed by atoms with Crippen LogP contribution >= 0.6 is 0 Å². The Kier molecular flexibility index (Phi) is 6.17. The summed E-state index contributed by atoms with van der Waals surface area (Å²) in [5.41, 5.74) is 13.0. The van der Waals surface area contributed by atoms with E-state index in [1.54, 1.807) is 0 Å². The number of carbonyl (C=O) groups is 1. The van der Waals surface area contributed by atoms with Gasteiger partial charge in [0.2, 0.25) is 0 Å². The van der Waals surface area contributed by atoms with E-state index in [2.05, 4.69) is 10.1 Å². The lowest BCUT2D eigenvalue weighted by Gasteiger charge is -2.05. The third kappa shape index (κ3) is 6.04. The highest BCUT2D eigenvalue weighted by Crippen LogP contribution is 2.02. The number of carboxylic acids is 1. The minimum absolute atomic E-state index is 0.0354. The summed E-state index contributed by atoms with van der Waals surface area (Å²) in [6, 6.07) is -0.914. The predicted octanol–water partition coefficient (Wildman–Crippen LogP) is 0.980. The molecule has 0 unspecified atom stereocenters. The molecule has 8 heteroatoms. The van der Waals surface area contributed by atoms with E-state index in [1.807, 2.05) is 0 Å². The second-order valence-electron chi connectivity index (χ2n) is 2.68. The van der Waals surface area contributed by atoms with Crippen LogP contribution in [0.1, 0.15) is 19.3 Å². The molecule has 0 bridgehead atoms. The fraction of sp³-hybridized carbons (Fsp3) is 0.833. The van der Waals surface area contributed by atoms with Crippen molar-refractivity contribution < 1.29 is 14.4 Å². The molecule has 0 radical (unpaired) electrons. The van der Waals surface area contributed by atoms with Crippen molar-refractivity contribution in [1.29, 1.82) is 0 Å². The number of rotatable bonds is 7. The van der Waals surface area contributed by atoms with E-state index < -0.39 is 12.0 Å². The monoisotopic (exact) mass is 205 g/mol. The molecule has 0 aliphatic rings. The fourth-order valence-corrected chi connectivity index (χ4v) is 0.818. The fourth-order valence-electron chi connectivity index (χ4n) is 0.818. The van der Waals surface area contributed by atoms with Gasteiger partial charge in [0, 0.05) is 9.70 Å². The maximum Gasteiger partial charge on any atom is 0.320 e. The number of unbranched alkanes of at least 4 members (excludes halogenated alkanes) is 1. The molecule has 14 heavy (non-hydrogen) atoms. The molecule has 0 aromatic heterocycles. The van der Waals surface area contributed by atoms with E-state index in [0.717, 1.165) is 0 Å². The number of azide groups is 1. The molecule has 0 aromatic carbocycles. The highest BCUT2D eigenvalue weighted by atomic mass is 19.2. The Bertz CT molecular complexity index is 220. The third-order valence-corrected chi connectivity index (χ3v) is 1.56. The van der Waals surface area contributed by atoms with Gasteiger partial charge in [0.25, 0.3) is 0 Å². The number of nitrogens with zero attached hydrogens (tertiary/aromatic N) is 4. The van der Waals surface area contributed by atoms with Crippen LogP contribution in [-0.2, 0) is 4.79 Å². The topological polar surface area (TPSA) is 115 Å². The molecule has 0 heterocycles.